The predicted molar refractivity (Wildman–Crippen MR) is 91.4 cm³/mol. The molecule has 2 unspecified atom stereocenters. The van der Waals surface area contributed by atoms with Crippen LogP contribution in [0.4, 0.5) is 10.2 Å². The van der Waals surface area contributed by atoms with Crippen molar-refractivity contribution in [1.82, 2.24) is 10.2 Å². The summed E-state index contributed by atoms with van der Waals surface area (Å²) in [5.74, 6) is 0.709. The van der Waals surface area contributed by atoms with E-state index in [4.69, 9.17) is 4.74 Å². The first-order valence-corrected chi connectivity index (χ1v) is 8.55. The van der Waals surface area contributed by atoms with Gasteiger partial charge >= 0.3 is 5.97 Å². The summed E-state index contributed by atoms with van der Waals surface area (Å²) in [7, 11) is 1.46. The molecule has 2 aromatic rings. The van der Waals surface area contributed by atoms with Crippen LogP contribution in [0.2, 0.25) is 0 Å². The lowest BCUT2D eigenvalue weighted by Gasteiger charge is -2.25. The molecule has 1 saturated heterocycles. The summed E-state index contributed by atoms with van der Waals surface area (Å²) in [6, 6.07) is 9.99. The maximum Gasteiger partial charge on any atom is 0.313 e. The summed E-state index contributed by atoms with van der Waals surface area (Å²) in [5.41, 5.74) is 1.13. The highest BCUT2D eigenvalue weighted by Gasteiger charge is 2.55. The molecular formula is C19H20FN3O2. The first-order chi connectivity index (χ1) is 12.1. The number of hydrogen-bond acceptors (Lipinski definition) is 5. The molecule has 1 saturated carbocycles. The van der Waals surface area contributed by atoms with E-state index in [9.17, 15) is 9.18 Å². The molecule has 6 heteroatoms. The van der Waals surface area contributed by atoms with E-state index in [1.165, 1.54) is 19.2 Å². The Morgan fingerprint density at radius 1 is 1.24 bits per heavy atom. The number of ether oxygens (including phenoxy) is 1. The van der Waals surface area contributed by atoms with Crippen LogP contribution >= 0.6 is 0 Å². The molecule has 0 radical (unpaired) electrons. The van der Waals surface area contributed by atoms with Gasteiger partial charge in [0.05, 0.1) is 18.2 Å². The van der Waals surface area contributed by atoms with Crippen molar-refractivity contribution in [1.29, 1.82) is 0 Å². The number of hydrogen-bond donors (Lipinski definition) is 0. The van der Waals surface area contributed by atoms with E-state index in [-0.39, 0.29) is 11.8 Å². The van der Waals surface area contributed by atoms with E-state index in [2.05, 4.69) is 15.1 Å². The minimum atomic E-state index is -0.397. The van der Waals surface area contributed by atoms with E-state index in [1.54, 1.807) is 12.1 Å². The third-order valence-electron chi connectivity index (χ3n) is 5.58. The summed E-state index contributed by atoms with van der Waals surface area (Å²) in [6.45, 7) is 1.44. The Morgan fingerprint density at radius 3 is 2.72 bits per heavy atom. The number of methoxy groups -OCH3 is 1. The highest BCUT2D eigenvalue weighted by atomic mass is 19.1. The third-order valence-corrected chi connectivity index (χ3v) is 5.58. The molecule has 25 heavy (non-hydrogen) atoms. The summed E-state index contributed by atoms with van der Waals surface area (Å²) in [5, 5.41) is 8.61. The quantitative estimate of drug-likeness (QED) is 0.803. The van der Waals surface area contributed by atoms with Crippen molar-refractivity contribution in [2.45, 2.75) is 19.3 Å². The second kappa shape index (κ2) is 6.10. The van der Waals surface area contributed by atoms with Gasteiger partial charge in [0, 0.05) is 18.7 Å². The first kappa shape index (κ1) is 16.0. The number of carbonyl (C=O) groups is 1. The Bertz CT molecular complexity index is 778. The van der Waals surface area contributed by atoms with Crippen LogP contribution in [0.3, 0.4) is 0 Å². The lowest BCUT2D eigenvalue weighted by atomic mass is 9.81. The van der Waals surface area contributed by atoms with Crippen molar-refractivity contribution >= 4 is 11.8 Å². The molecule has 2 atom stereocenters. The molecule has 0 N–H and O–H groups in total. The Balaban J connectivity index is 1.55. The van der Waals surface area contributed by atoms with Crippen molar-refractivity contribution in [3.8, 4) is 11.3 Å². The van der Waals surface area contributed by atoms with Crippen LogP contribution in [0.25, 0.3) is 11.3 Å². The van der Waals surface area contributed by atoms with Gasteiger partial charge in [-0.1, -0.05) is 6.42 Å². The normalized spacial score (nSPS) is 25.0. The van der Waals surface area contributed by atoms with Crippen LogP contribution in [0.5, 0.6) is 0 Å². The standard InChI is InChI=1S/C19H20FN3O2/c1-25-18(24)19-10-2-3-14(19)11-23(12-19)17-9-8-16(21-22-17)13-4-6-15(20)7-5-13/h4-9,14H,2-3,10-12H2,1H3. The lowest BCUT2D eigenvalue weighted by Crippen LogP contribution is -2.37. The van der Waals surface area contributed by atoms with Gasteiger partial charge in [-0.3, -0.25) is 4.79 Å². The average Bonchev–Trinajstić information content (AvgIpc) is 3.20. The van der Waals surface area contributed by atoms with E-state index < -0.39 is 5.41 Å². The Labute approximate surface area is 145 Å². The van der Waals surface area contributed by atoms with Gasteiger partial charge in [0.25, 0.3) is 0 Å². The van der Waals surface area contributed by atoms with Crippen LogP contribution in [-0.4, -0.2) is 36.4 Å². The van der Waals surface area contributed by atoms with Crippen molar-refractivity contribution in [3.05, 3.63) is 42.2 Å². The average molecular weight is 341 g/mol. The number of anilines is 1. The van der Waals surface area contributed by atoms with Crippen molar-refractivity contribution in [2.75, 3.05) is 25.1 Å². The number of esters is 1. The third kappa shape index (κ3) is 2.65. The number of fused-ring (bicyclic) bond motifs is 1. The highest BCUT2D eigenvalue weighted by molar-refractivity contribution is 5.79. The summed E-state index contributed by atoms with van der Waals surface area (Å²) in [6.07, 6.45) is 3.00. The number of aromatic nitrogens is 2. The zero-order valence-electron chi connectivity index (χ0n) is 14.1. The van der Waals surface area contributed by atoms with Crippen LogP contribution in [0, 0.1) is 17.2 Å². The molecule has 0 amide bonds. The van der Waals surface area contributed by atoms with Gasteiger partial charge in [-0.25, -0.2) is 4.39 Å². The fraction of sp³-hybridized carbons (Fsp3) is 0.421. The summed E-state index contributed by atoms with van der Waals surface area (Å²) < 4.78 is 18.1. The summed E-state index contributed by atoms with van der Waals surface area (Å²) in [4.78, 5) is 14.5. The zero-order chi connectivity index (χ0) is 17.4. The molecule has 2 heterocycles. The molecule has 5 nitrogen and oxygen atoms in total. The molecule has 1 aromatic heterocycles. The minimum Gasteiger partial charge on any atom is -0.469 e. The van der Waals surface area contributed by atoms with Gasteiger partial charge in [-0.15, -0.1) is 10.2 Å². The summed E-state index contributed by atoms with van der Waals surface area (Å²) >= 11 is 0. The van der Waals surface area contributed by atoms with E-state index in [1.807, 2.05) is 12.1 Å². The molecule has 4 rings (SSSR count). The predicted octanol–water partition coefficient (Wildman–Crippen LogP) is 3.06. The van der Waals surface area contributed by atoms with Gasteiger partial charge in [0.2, 0.25) is 0 Å². The molecule has 1 aliphatic heterocycles. The fourth-order valence-corrected chi connectivity index (χ4v) is 4.27. The molecule has 0 spiro atoms. The van der Waals surface area contributed by atoms with Gasteiger partial charge in [0.1, 0.15) is 5.82 Å². The Kier molecular flexibility index (Phi) is 3.90. The topological polar surface area (TPSA) is 55.3 Å². The van der Waals surface area contributed by atoms with Crippen molar-refractivity contribution < 1.29 is 13.9 Å². The first-order valence-electron chi connectivity index (χ1n) is 8.55. The molecule has 130 valence electrons. The monoisotopic (exact) mass is 341 g/mol. The number of nitrogens with zero attached hydrogens (tertiary/aromatic N) is 3. The maximum atomic E-state index is 13.0. The van der Waals surface area contributed by atoms with Gasteiger partial charge in [-0.05, 0) is 55.2 Å². The second-order valence-corrected chi connectivity index (χ2v) is 6.90. The minimum absolute atomic E-state index is 0.103. The van der Waals surface area contributed by atoms with Crippen LogP contribution in [0.1, 0.15) is 19.3 Å². The number of carbonyl (C=O) groups excluding carboxylic acids is 1. The van der Waals surface area contributed by atoms with Crippen LogP contribution in [0.15, 0.2) is 36.4 Å². The number of halogens is 1. The van der Waals surface area contributed by atoms with E-state index in [0.29, 0.717) is 18.2 Å². The van der Waals surface area contributed by atoms with Gasteiger partial charge in [-0.2, -0.15) is 0 Å². The van der Waals surface area contributed by atoms with Gasteiger partial charge < -0.3 is 9.64 Å². The second-order valence-electron chi connectivity index (χ2n) is 6.90. The molecule has 0 bridgehead atoms. The van der Waals surface area contributed by atoms with Crippen LogP contribution in [-0.2, 0) is 9.53 Å². The lowest BCUT2D eigenvalue weighted by molar-refractivity contribution is -0.152. The number of benzene rings is 1. The Hall–Kier alpha value is -2.50. The molecule has 1 aromatic carbocycles. The van der Waals surface area contributed by atoms with Crippen molar-refractivity contribution in [3.63, 3.8) is 0 Å². The highest BCUT2D eigenvalue weighted by Crippen LogP contribution is 2.50. The zero-order valence-corrected chi connectivity index (χ0v) is 14.1. The molecule has 2 aliphatic rings. The fourth-order valence-electron chi connectivity index (χ4n) is 4.27. The molecule has 2 fully saturated rings. The SMILES string of the molecule is COC(=O)C12CCCC1CN(c1ccc(-c3ccc(F)cc3)nn1)C2. The molecular weight excluding hydrogens is 321 g/mol. The molecule has 1 aliphatic carbocycles. The van der Waals surface area contributed by atoms with Crippen molar-refractivity contribution in [2.24, 2.45) is 11.3 Å². The van der Waals surface area contributed by atoms with E-state index >= 15 is 0 Å². The smallest absolute Gasteiger partial charge is 0.313 e. The number of rotatable bonds is 3. The van der Waals surface area contributed by atoms with Crippen LogP contribution < -0.4 is 4.90 Å². The maximum absolute atomic E-state index is 13.0. The van der Waals surface area contributed by atoms with E-state index in [0.717, 1.165) is 37.2 Å². The van der Waals surface area contributed by atoms with Gasteiger partial charge in [0.15, 0.2) is 5.82 Å². The Morgan fingerprint density at radius 2 is 2.04 bits per heavy atom. The largest absolute Gasteiger partial charge is 0.469 e.